The fourth-order valence-electron chi connectivity index (χ4n) is 1.18. The number of rotatable bonds is 4. The van der Waals surface area contributed by atoms with Gasteiger partial charge in [0.25, 0.3) is 0 Å². The van der Waals surface area contributed by atoms with Crippen molar-refractivity contribution >= 4 is 5.97 Å². The van der Waals surface area contributed by atoms with Crippen LogP contribution in [0.2, 0.25) is 0 Å². The normalized spacial score (nSPS) is 12.2. The zero-order chi connectivity index (χ0) is 11.3. The molecule has 0 saturated carbocycles. The monoisotopic (exact) mass is 211 g/mol. The van der Waals surface area contributed by atoms with Crippen LogP contribution in [0.25, 0.3) is 0 Å². The molecule has 15 heavy (non-hydrogen) atoms. The predicted molar refractivity (Wildman–Crippen MR) is 54.8 cm³/mol. The molecule has 4 heteroatoms. The molecule has 1 rings (SSSR count). The second-order valence-electron chi connectivity index (χ2n) is 3.23. The Balaban J connectivity index is 2.50. The largest absolute Gasteiger partial charge is 0.468 e. The third-order valence-corrected chi connectivity index (χ3v) is 2.15. The van der Waals surface area contributed by atoms with Crippen LogP contribution in [0, 0.1) is 5.82 Å². The highest BCUT2D eigenvalue weighted by molar-refractivity contribution is 5.71. The molecule has 82 valence electrons. The summed E-state index contributed by atoms with van der Waals surface area (Å²) < 4.78 is 17.1. The lowest BCUT2D eigenvalue weighted by molar-refractivity contribution is -0.139. The third-order valence-electron chi connectivity index (χ3n) is 2.15. The molecule has 0 aromatic heterocycles. The fourth-order valence-corrected chi connectivity index (χ4v) is 1.18. The number of nitrogens with one attached hydrogen (secondary N) is 1. The highest BCUT2D eigenvalue weighted by atomic mass is 19.1. The molecule has 3 nitrogen and oxygen atoms in total. The van der Waals surface area contributed by atoms with Gasteiger partial charge in [0.1, 0.15) is 5.82 Å². The van der Waals surface area contributed by atoms with Gasteiger partial charge in [0.05, 0.1) is 13.7 Å². The van der Waals surface area contributed by atoms with Crippen LogP contribution in [-0.2, 0) is 9.53 Å². The topological polar surface area (TPSA) is 38.3 Å². The number of esters is 1. The van der Waals surface area contributed by atoms with Gasteiger partial charge in [-0.05, 0) is 24.6 Å². The average Bonchev–Trinajstić information content (AvgIpc) is 2.26. The molecule has 1 atom stereocenters. The van der Waals surface area contributed by atoms with Gasteiger partial charge in [-0.1, -0.05) is 12.1 Å². The standard InChI is InChI=1S/C11H14FNO2/c1-8(13-7-11(14)15-2)9-3-5-10(12)6-4-9/h3-6,8,13H,7H2,1-2H3. The van der Waals surface area contributed by atoms with Gasteiger partial charge in [-0.2, -0.15) is 0 Å². The summed E-state index contributed by atoms with van der Waals surface area (Å²) in [7, 11) is 1.34. The Morgan fingerprint density at radius 3 is 2.60 bits per heavy atom. The second-order valence-corrected chi connectivity index (χ2v) is 3.23. The van der Waals surface area contributed by atoms with E-state index in [1.807, 2.05) is 6.92 Å². The number of hydrogen-bond acceptors (Lipinski definition) is 3. The van der Waals surface area contributed by atoms with Crippen molar-refractivity contribution in [2.75, 3.05) is 13.7 Å². The van der Waals surface area contributed by atoms with Crippen LogP contribution in [0.15, 0.2) is 24.3 Å². The van der Waals surface area contributed by atoms with Crippen LogP contribution in [0.1, 0.15) is 18.5 Å². The Labute approximate surface area is 88.2 Å². The van der Waals surface area contributed by atoms with Crippen molar-refractivity contribution in [1.29, 1.82) is 0 Å². The molecule has 1 unspecified atom stereocenters. The third kappa shape index (κ3) is 3.67. The summed E-state index contributed by atoms with van der Waals surface area (Å²) in [4.78, 5) is 10.9. The van der Waals surface area contributed by atoms with Crippen LogP contribution < -0.4 is 5.32 Å². The minimum Gasteiger partial charge on any atom is -0.468 e. The molecule has 0 aliphatic heterocycles. The molecule has 1 aromatic rings. The number of benzene rings is 1. The first-order valence-corrected chi connectivity index (χ1v) is 4.69. The van der Waals surface area contributed by atoms with E-state index in [1.54, 1.807) is 12.1 Å². The van der Waals surface area contributed by atoms with Gasteiger partial charge in [-0.25, -0.2) is 4.39 Å². The van der Waals surface area contributed by atoms with E-state index < -0.39 is 0 Å². The van der Waals surface area contributed by atoms with Gasteiger partial charge in [-0.3, -0.25) is 4.79 Å². The van der Waals surface area contributed by atoms with Gasteiger partial charge in [0.2, 0.25) is 0 Å². The molecular formula is C11H14FNO2. The van der Waals surface area contributed by atoms with E-state index in [-0.39, 0.29) is 24.4 Å². The van der Waals surface area contributed by atoms with E-state index in [4.69, 9.17) is 0 Å². The van der Waals surface area contributed by atoms with Gasteiger partial charge in [0, 0.05) is 6.04 Å². The number of carbonyl (C=O) groups excluding carboxylic acids is 1. The van der Waals surface area contributed by atoms with Crippen LogP contribution >= 0.6 is 0 Å². The summed E-state index contributed by atoms with van der Waals surface area (Å²) in [5.74, 6) is -0.581. The minimum atomic E-state index is -0.316. The maximum Gasteiger partial charge on any atom is 0.319 e. The maximum absolute atomic E-state index is 12.6. The summed E-state index contributed by atoms with van der Waals surface area (Å²) in [6.07, 6.45) is 0. The molecule has 0 fully saturated rings. The molecule has 0 amide bonds. The maximum atomic E-state index is 12.6. The van der Waals surface area contributed by atoms with Gasteiger partial charge >= 0.3 is 5.97 Å². The number of hydrogen-bond donors (Lipinski definition) is 1. The lowest BCUT2D eigenvalue weighted by Crippen LogP contribution is -2.26. The van der Waals surface area contributed by atoms with E-state index in [0.717, 1.165) is 5.56 Å². The fraction of sp³-hybridized carbons (Fsp3) is 0.364. The van der Waals surface area contributed by atoms with E-state index >= 15 is 0 Å². The number of carbonyl (C=O) groups is 1. The number of methoxy groups -OCH3 is 1. The summed E-state index contributed by atoms with van der Waals surface area (Å²) in [6, 6.07) is 6.15. The summed E-state index contributed by atoms with van der Waals surface area (Å²) in [5, 5.41) is 2.97. The molecular weight excluding hydrogens is 197 g/mol. The SMILES string of the molecule is COC(=O)CNC(C)c1ccc(F)cc1. The zero-order valence-corrected chi connectivity index (χ0v) is 8.79. The minimum absolute atomic E-state index is 0.00954. The quantitative estimate of drug-likeness (QED) is 0.769. The number of ether oxygens (including phenoxy) is 1. The smallest absolute Gasteiger partial charge is 0.319 e. The molecule has 0 heterocycles. The van der Waals surface area contributed by atoms with Crippen LogP contribution in [0.4, 0.5) is 4.39 Å². The Morgan fingerprint density at radius 1 is 1.47 bits per heavy atom. The molecule has 0 spiro atoms. The van der Waals surface area contributed by atoms with Crippen LogP contribution in [0.3, 0.4) is 0 Å². The molecule has 1 N–H and O–H groups in total. The van der Waals surface area contributed by atoms with Crippen molar-refractivity contribution in [1.82, 2.24) is 5.32 Å². The Kier molecular flexibility index (Phi) is 4.24. The lowest BCUT2D eigenvalue weighted by Gasteiger charge is -2.12. The average molecular weight is 211 g/mol. The van der Waals surface area contributed by atoms with Crippen molar-refractivity contribution in [3.8, 4) is 0 Å². The molecule has 0 bridgehead atoms. The molecule has 0 aliphatic carbocycles. The summed E-state index contributed by atoms with van der Waals surface area (Å²) in [5.41, 5.74) is 0.931. The van der Waals surface area contributed by atoms with Gasteiger partial charge in [-0.15, -0.1) is 0 Å². The van der Waals surface area contributed by atoms with Crippen LogP contribution in [0.5, 0.6) is 0 Å². The van der Waals surface area contributed by atoms with Crippen molar-refractivity contribution in [2.24, 2.45) is 0 Å². The Bertz CT molecular complexity index is 324. The first-order valence-electron chi connectivity index (χ1n) is 4.69. The molecule has 0 aliphatic rings. The lowest BCUT2D eigenvalue weighted by atomic mass is 10.1. The summed E-state index contributed by atoms with van der Waals surface area (Å²) >= 11 is 0. The van der Waals surface area contributed by atoms with Crippen molar-refractivity contribution in [3.05, 3.63) is 35.6 Å². The second kappa shape index (κ2) is 5.46. The van der Waals surface area contributed by atoms with E-state index in [1.165, 1.54) is 19.2 Å². The first kappa shape index (κ1) is 11.7. The van der Waals surface area contributed by atoms with E-state index in [0.29, 0.717) is 0 Å². The van der Waals surface area contributed by atoms with Gasteiger partial charge < -0.3 is 10.1 Å². The predicted octanol–water partition coefficient (Wildman–Crippen LogP) is 1.65. The highest BCUT2D eigenvalue weighted by Gasteiger charge is 2.07. The zero-order valence-electron chi connectivity index (χ0n) is 8.79. The van der Waals surface area contributed by atoms with E-state index in [2.05, 4.69) is 10.1 Å². The molecule has 1 aromatic carbocycles. The van der Waals surface area contributed by atoms with Gasteiger partial charge in [0.15, 0.2) is 0 Å². The van der Waals surface area contributed by atoms with E-state index in [9.17, 15) is 9.18 Å². The Morgan fingerprint density at radius 2 is 2.07 bits per heavy atom. The molecule has 0 radical (unpaired) electrons. The van der Waals surface area contributed by atoms with Crippen LogP contribution in [-0.4, -0.2) is 19.6 Å². The highest BCUT2D eigenvalue weighted by Crippen LogP contribution is 2.12. The van der Waals surface area contributed by atoms with Crippen molar-refractivity contribution < 1.29 is 13.9 Å². The summed E-state index contributed by atoms with van der Waals surface area (Å²) in [6.45, 7) is 2.05. The first-order chi connectivity index (χ1) is 7.13. The number of halogens is 1. The van der Waals surface area contributed by atoms with Crippen molar-refractivity contribution in [3.63, 3.8) is 0 Å². The van der Waals surface area contributed by atoms with Crippen molar-refractivity contribution in [2.45, 2.75) is 13.0 Å². The Hall–Kier alpha value is -1.42. The molecule has 0 saturated heterocycles.